The van der Waals surface area contributed by atoms with E-state index in [0.29, 0.717) is 11.8 Å². The lowest BCUT2D eigenvalue weighted by atomic mass is 9.79. The van der Waals surface area contributed by atoms with Gasteiger partial charge >= 0.3 is 0 Å². The Bertz CT molecular complexity index is 697. The van der Waals surface area contributed by atoms with Gasteiger partial charge < -0.3 is 9.84 Å². The molecule has 0 amide bonds. The van der Waals surface area contributed by atoms with E-state index in [1.165, 1.54) is 0 Å². The van der Waals surface area contributed by atoms with Gasteiger partial charge in [0.25, 0.3) is 0 Å². The molecule has 1 heterocycles. The van der Waals surface area contributed by atoms with Crippen LogP contribution in [0.1, 0.15) is 51.7 Å². The second-order valence-corrected chi connectivity index (χ2v) is 6.95. The Labute approximate surface area is 151 Å². The molecule has 0 aliphatic heterocycles. The summed E-state index contributed by atoms with van der Waals surface area (Å²) in [5.41, 5.74) is 0.880. The first kappa shape index (κ1) is 19.5. The van der Waals surface area contributed by atoms with E-state index in [1.54, 1.807) is 13.3 Å². The molecule has 0 fully saturated rings. The molecule has 1 aromatic heterocycles. The second kappa shape index (κ2) is 9.00. The lowest BCUT2D eigenvalue weighted by molar-refractivity contribution is 0.0965. The Morgan fingerprint density at radius 3 is 2.60 bits per heavy atom. The molecule has 0 aliphatic carbocycles. The largest absolute Gasteiger partial charge is 0.497 e. The molecule has 1 N–H and O–H groups in total. The number of methoxy groups -OCH3 is 1. The van der Waals surface area contributed by atoms with E-state index in [-0.39, 0.29) is 5.92 Å². The van der Waals surface area contributed by atoms with Crippen molar-refractivity contribution in [3.05, 3.63) is 48.8 Å². The first-order valence-electron chi connectivity index (χ1n) is 9.27. The molecule has 2 rings (SSSR count). The monoisotopic (exact) mass is 341 g/mol. The van der Waals surface area contributed by atoms with Gasteiger partial charge in [0, 0.05) is 23.3 Å². The number of rotatable bonds is 9. The van der Waals surface area contributed by atoms with Crippen LogP contribution in [0.15, 0.2) is 43.2 Å². The quantitative estimate of drug-likeness (QED) is 0.609. The zero-order chi connectivity index (χ0) is 18.4. The molecule has 0 saturated heterocycles. The molecule has 3 nitrogen and oxygen atoms in total. The number of hydrogen-bond acceptors (Lipinski definition) is 3. The fourth-order valence-electron chi connectivity index (χ4n) is 3.78. The molecule has 0 radical (unpaired) electrons. The van der Waals surface area contributed by atoms with E-state index >= 15 is 0 Å². The van der Waals surface area contributed by atoms with Crippen molar-refractivity contribution in [2.45, 2.75) is 46.1 Å². The highest BCUT2D eigenvalue weighted by Crippen LogP contribution is 2.36. The summed E-state index contributed by atoms with van der Waals surface area (Å²) < 4.78 is 5.35. The number of hydrogen-bond donors (Lipinski definition) is 1. The van der Waals surface area contributed by atoms with Crippen LogP contribution < -0.4 is 4.74 Å². The summed E-state index contributed by atoms with van der Waals surface area (Å²) in [7, 11) is 1.66. The highest BCUT2D eigenvalue weighted by Gasteiger charge is 2.25. The molecular formula is C22H31NO2. The third-order valence-electron chi connectivity index (χ3n) is 5.43. The predicted molar refractivity (Wildman–Crippen MR) is 105 cm³/mol. The van der Waals surface area contributed by atoms with Crippen molar-refractivity contribution in [1.29, 1.82) is 0 Å². The van der Waals surface area contributed by atoms with Gasteiger partial charge in [-0.3, -0.25) is 4.98 Å². The van der Waals surface area contributed by atoms with Crippen molar-refractivity contribution in [2.75, 3.05) is 7.11 Å². The van der Waals surface area contributed by atoms with Gasteiger partial charge in [0.1, 0.15) is 5.75 Å². The molecular weight excluding hydrogens is 310 g/mol. The van der Waals surface area contributed by atoms with Gasteiger partial charge in [-0.05, 0) is 54.2 Å². The molecule has 0 aliphatic rings. The minimum absolute atomic E-state index is 0.151. The molecule has 0 bridgehead atoms. The number of aliphatic hydroxyl groups excluding tert-OH is 1. The van der Waals surface area contributed by atoms with Gasteiger partial charge in [0.15, 0.2) is 0 Å². The molecule has 136 valence electrons. The fourth-order valence-corrected chi connectivity index (χ4v) is 3.78. The number of aliphatic hydroxyl groups is 1. The minimum Gasteiger partial charge on any atom is -0.497 e. The zero-order valence-electron chi connectivity index (χ0n) is 15.9. The van der Waals surface area contributed by atoms with Crippen LogP contribution in [0, 0.1) is 17.8 Å². The summed E-state index contributed by atoms with van der Waals surface area (Å²) in [5.74, 6) is 2.00. The summed E-state index contributed by atoms with van der Waals surface area (Å²) in [4.78, 5) is 4.32. The van der Waals surface area contributed by atoms with Gasteiger partial charge in [0.2, 0.25) is 0 Å². The first-order chi connectivity index (χ1) is 12.0. The number of aromatic nitrogens is 1. The van der Waals surface area contributed by atoms with Crippen molar-refractivity contribution < 1.29 is 9.84 Å². The number of ether oxygens (including phenoxy) is 1. The van der Waals surface area contributed by atoms with E-state index in [4.69, 9.17) is 4.74 Å². The number of pyridine rings is 1. The van der Waals surface area contributed by atoms with E-state index < -0.39 is 6.10 Å². The highest BCUT2D eigenvalue weighted by atomic mass is 16.5. The average Bonchev–Trinajstić information content (AvgIpc) is 2.66. The lowest BCUT2D eigenvalue weighted by Gasteiger charge is -2.28. The van der Waals surface area contributed by atoms with E-state index in [1.807, 2.05) is 24.4 Å². The Morgan fingerprint density at radius 1 is 1.24 bits per heavy atom. The van der Waals surface area contributed by atoms with Crippen LogP contribution in [0.5, 0.6) is 5.75 Å². The Balaban J connectivity index is 2.28. The normalized spacial score (nSPS) is 16.2. The second-order valence-electron chi connectivity index (χ2n) is 6.95. The molecule has 3 heteroatoms. The van der Waals surface area contributed by atoms with Crippen LogP contribution in [-0.2, 0) is 0 Å². The SMILES string of the molecule is C=C[C@@H](CC)[C@@H](CC)C[C@H](C)[C@H](O)c1cncc2ccc(OC)cc12. The van der Waals surface area contributed by atoms with Gasteiger partial charge in [-0.25, -0.2) is 0 Å². The van der Waals surface area contributed by atoms with Gasteiger partial charge in [0.05, 0.1) is 13.2 Å². The molecule has 0 unspecified atom stereocenters. The summed E-state index contributed by atoms with van der Waals surface area (Å²) in [6, 6.07) is 5.90. The van der Waals surface area contributed by atoms with Crippen molar-refractivity contribution in [1.82, 2.24) is 4.98 Å². The van der Waals surface area contributed by atoms with Crippen LogP contribution in [-0.4, -0.2) is 17.2 Å². The fraction of sp³-hybridized carbons (Fsp3) is 0.500. The van der Waals surface area contributed by atoms with E-state index in [2.05, 4.69) is 38.4 Å². The van der Waals surface area contributed by atoms with Crippen LogP contribution in [0.3, 0.4) is 0 Å². The molecule has 0 saturated carbocycles. The maximum absolute atomic E-state index is 11.0. The average molecular weight is 341 g/mol. The lowest BCUT2D eigenvalue weighted by Crippen LogP contribution is -2.19. The van der Waals surface area contributed by atoms with Crippen molar-refractivity contribution >= 4 is 10.8 Å². The summed E-state index contributed by atoms with van der Waals surface area (Å²) in [5, 5.41) is 13.0. The predicted octanol–water partition coefficient (Wildman–Crippen LogP) is 5.54. The summed E-state index contributed by atoms with van der Waals surface area (Å²) in [6.07, 6.45) is 8.31. The zero-order valence-corrected chi connectivity index (χ0v) is 15.9. The van der Waals surface area contributed by atoms with E-state index in [0.717, 1.165) is 41.3 Å². The maximum Gasteiger partial charge on any atom is 0.119 e. The smallest absolute Gasteiger partial charge is 0.119 e. The van der Waals surface area contributed by atoms with Crippen LogP contribution in [0.4, 0.5) is 0 Å². The minimum atomic E-state index is -0.542. The van der Waals surface area contributed by atoms with Crippen LogP contribution in [0.25, 0.3) is 10.8 Å². The van der Waals surface area contributed by atoms with Gasteiger partial charge in [-0.1, -0.05) is 33.3 Å². The number of benzene rings is 1. The molecule has 1 aromatic carbocycles. The summed E-state index contributed by atoms with van der Waals surface area (Å²) in [6.45, 7) is 10.5. The highest BCUT2D eigenvalue weighted by molar-refractivity contribution is 5.86. The van der Waals surface area contributed by atoms with Crippen molar-refractivity contribution in [2.24, 2.45) is 17.8 Å². The maximum atomic E-state index is 11.0. The van der Waals surface area contributed by atoms with Crippen LogP contribution >= 0.6 is 0 Å². The van der Waals surface area contributed by atoms with Crippen molar-refractivity contribution in [3.63, 3.8) is 0 Å². The van der Waals surface area contributed by atoms with Crippen LogP contribution in [0.2, 0.25) is 0 Å². The molecule has 4 atom stereocenters. The van der Waals surface area contributed by atoms with Gasteiger partial charge in [-0.15, -0.1) is 6.58 Å². The number of allylic oxidation sites excluding steroid dienone is 1. The first-order valence-corrected chi connectivity index (χ1v) is 9.27. The third kappa shape index (κ3) is 4.40. The summed E-state index contributed by atoms with van der Waals surface area (Å²) >= 11 is 0. The van der Waals surface area contributed by atoms with Gasteiger partial charge in [-0.2, -0.15) is 0 Å². The molecule has 2 aromatic rings. The third-order valence-corrected chi connectivity index (χ3v) is 5.43. The van der Waals surface area contributed by atoms with E-state index in [9.17, 15) is 5.11 Å². The molecule has 0 spiro atoms. The standard InChI is InChI=1S/C22H31NO2/c1-6-16(7-2)17(8-3)11-15(4)22(24)21-14-23-13-18-9-10-19(25-5)12-20(18)21/h6,9-10,12-17,22,24H,1,7-8,11H2,2-5H3/t15-,16-,17-,22-/m0/s1. The number of fused-ring (bicyclic) bond motifs is 1. The Hall–Kier alpha value is -1.87. The molecule has 25 heavy (non-hydrogen) atoms. The number of nitrogens with zero attached hydrogens (tertiary/aromatic N) is 1. The van der Waals surface area contributed by atoms with Crippen molar-refractivity contribution in [3.8, 4) is 5.75 Å². The Kier molecular flexibility index (Phi) is 7.01. The Morgan fingerprint density at radius 2 is 2.00 bits per heavy atom. The topological polar surface area (TPSA) is 42.4 Å².